The van der Waals surface area contributed by atoms with E-state index in [2.05, 4.69) is 34.3 Å². The van der Waals surface area contributed by atoms with E-state index in [4.69, 9.17) is 17.3 Å². The number of fused-ring (bicyclic) bond motifs is 3. The average molecular weight is 427 g/mol. The molecule has 2 aromatic carbocycles. The van der Waals surface area contributed by atoms with Crippen LogP contribution in [0.25, 0.3) is 27.9 Å². The molecule has 6 nitrogen and oxygen atoms in total. The minimum Gasteiger partial charge on any atom is -0.385 e. The topological polar surface area (TPSA) is 71.5 Å². The van der Waals surface area contributed by atoms with E-state index in [1.54, 1.807) is 18.3 Å². The smallest absolute Gasteiger partial charge is 0.150 e. The summed E-state index contributed by atoms with van der Waals surface area (Å²) >= 11 is 6.31. The highest BCUT2D eigenvalue weighted by atomic mass is 35.5. The third-order valence-corrected chi connectivity index (χ3v) is 5.34. The second-order valence-electron chi connectivity index (χ2n) is 7.54. The maximum absolute atomic E-state index is 14.6. The lowest BCUT2D eigenvalue weighted by atomic mass is 10.2. The molecule has 30 heavy (non-hydrogen) atoms. The Morgan fingerprint density at radius 3 is 2.77 bits per heavy atom. The molecule has 0 bridgehead atoms. The summed E-state index contributed by atoms with van der Waals surface area (Å²) in [6, 6.07) is 10.5. The molecular weight excluding hydrogens is 403 g/mol. The first-order chi connectivity index (χ1) is 14.5. The van der Waals surface area contributed by atoms with Crippen LogP contribution < -0.4 is 11.1 Å². The summed E-state index contributed by atoms with van der Waals surface area (Å²) in [6.45, 7) is 1.92. The lowest BCUT2D eigenvalue weighted by Gasteiger charge is -2.12. The van der Waals surface area contributed by atoms with Crippen LogP contribution in [-0.2, 0) is 0 Å². The summed E-state index contributed by atoms with van der Waals surface area (Å²) in [5, 5.41) is 3.75. The van der Waals surface area contributed by atoms with Crippen molar-refractivity contribution in [2.75, 3.05) is 38.2 Å². The van der Waals surface area contributed by atoms with Crippen LogP contribution in [0.15, 0.2) is 42.6 Å². The van der Waals surface area contributed by atoms with Crippen molar-refractivity contribution in [3.05, 3.63) is 53.4 Å². The van der Waals surface area contributed by atoms with Crippen LogP contribution >= 0.6 is 11.6 Å². The molecule has 2 aromatic heterocycles. The Kier molecular flexibility index (Phi) is 5.74. The van der Waals surface area contributed by atoms with Crippen molar-refractivity contribution in [2.24, 2.45) is 0 Å². The van der Waals surface area contributed by atoms with Crippen molar-refractivity contribution in [1.29, 1.82) is 0 Å². The molecule has 3 N–H and O–H groups in total. The van der Waals surface area contributed by atoms with Gasteiger partial charge in [0.15, 0.2) is 0 Å². The summed E-state index contributed by atoms with van der Waals surface area (Å²) in [6.07, 6.45) is 3.78. The molecule has 0 spiro atoms. The molecule has 0 aliphatic carbocycles. The van der Waals surface area contributed by atoms with Gasteiger partial charge in [0, 0.05) is 12.2 Å². The van der Waals surface area contributed by atoms with Gasteiger partial charge in [-0.15, -0.1) is 0 Å². The molecule has 0 radical (unpaired) electrons. The minimum atomic E-state index is -0.436. The van der Waals surface area contributed by atoms with Crippen LogP contribution in [-0.4, -0.2) is 46.5 Å². The molecule has 0 aliphatic rings. The molecule has 0 unspecified atom stereocenters. The molecule has 4 aromatic rings. The molecule has 0 fully saturated rings. The largest absolute Gasteiger partial charge is 0.385 e. The number of nitrogens with one attached hydrogen (secondary N) is 1. The number of imidazole rings is 1. The van der Waals surface area contributed by atoms with Crippen LogP contribution in [0.1, 0.15) is 12.8 Å². The molecule has 0 atom stereocenters. The second kappa shape index (κ2) is 8.45. The number of nitrogens with zero attached hydrogens (tertiary/aromatic N) is 4. The Bertz CT molecular complexity index is 1180. The number of benzene rings is 2. The van der Waals surface area contributed by atoms with Gasteiger partial charge < -0.3 is 16.0 Å². The van der Waals surface area contributed by atoms with Crippen molar-refractivity contribution in [3.8, 4) is 11.4 Å². The van der Waals surface area contributed by atoms with Crippen LogP contribution in [0.4, 0.5) is 15.9 Å². The Labute approximate surface area is 179 Å². The monoisotopic (exact) mass is 426 g/mol. The number of unbranched alkanes of at least 4 members (excludes halogenated alkanes) is 1. The lowest BCUT2D eigenvalue weighted by molar-refractivity contribution is 0.396. The number of hydrogen-bond acceptors (Lipinski definition) is 5. The highest BCUT2D eigenvalue weighted by Gasteiger charge is 2.18. The van der Waals surface area contributed by atoms with E-state index in [-0.39, 0.29) is 5.56 Å². The SMILES string of the molecule is CN(C)CCCCNc1ccc2nc(N)c3cnc(-c4c(F)cccc4Cl)n3c2c1. The first kappa shape index (κ1) is 20.4. The Balaban J connectivity index is 1.76. The number of aromatic nitrogens is 3. The third kappa shape index (κ3) is 3.91. The first-order valence-corrected chi connectivity index (χ1v) is 10.2. The van der Waals surface area contributed by atoms with Gasteiger partial charge in [0.05, 0.1) is 27.8 Å². The number of halogens is 2. The summed E-state index contributed by atoms with van der Waals surface area (Å²) in [5.74, 6) is 0.294. The molecule has 2 heterocycles. The molecular formula is C22H24ClFN6. The van der Waals surface area contributed by atoms with Crippen LogP contribution in [0.5, 0.6) is 0 Å². The van der Waals surface area contributed by atoms with Gasteiger partial charge in [-0.05, 0) is 63.8 Å². The van der Waals surface area contributed by atoms with Gasteiger partial charge in [-0.3, -0.25) is 4.40 Å². The number of hydrogen-bond donors (Lipinski definition) is 2. The Hall–Kier alpha value is -2.90. The van der Waals surface area contributed by atoms with Gasteiger partial charge in [-0.2, -0.15) is 0 Å². The van der Waals surface area contributed by atoms with E-state index in [9.17, 15) is 4.39 Å². The average Bonchev–Trinajstić information content (AvgIpc) is 3.13. The summed E-state index contributed by atoms with van der Waals surface area (Å²) in [4.78, 5) is 11.1. The van der Waals surface area contributed by atoms with E-state index >= 15 is 0 Å². The first-order valence-electron chi connectivity index (χ1n) is 9.85. The number of nitrogen functional groups attached to an aromatic ring is 1. The Morgan fingerprint density at radius 1 is 1.17 bits per heavy atom. The van der Waals surface area contributed by atoms with E-state index < -0.39 is 5.82 Å². The van der Waals surface area contributed by atoms with Gasteiger partial charge in [-0.1, -0.05) is 17.7 Å². The van der Waals surface area contributed by atoms with Crippen LogP contribution in [0.3, 0.4) is 0 Å². The predicted octanol–water partition coefficient (Wildman–Crippen LogP) is 4.68. The molecule has 8 heteroatoms. The molecule has 0 saturated heterocycles. The molecule has 0 aliphatic heterocycles. The van der Waals surface area contributed by atoms with Crippen molar-refractivity contribution in [1.82, 2.24) is 19.3 Å². The quantitative estimate of drug-likeness (QED) is 0.420. The summed E-state index contributed by atoms with van der Waals surface area (Å²) in [7, 11) is 4.15. The zero-order chi connectivity index (χ0) is 21.3. The second-order valence-corrected chi connectivity index (χ2v) is 7.94. The number of anilines is 2. The van der Waals surface area contributed by atoms with Crippen LogP contribution in [0.2, 0.25) is 5.02 Å². The van der Waals surface area contributed by atoms with E-state index in [0.717, 1.165) is 37.1 Å². The van der Waals surface area contributed by atoms with Gasteiger partial charge in [0.25, 0.3) is 0 Å². The predicted molar refractivity (Wildman–Crippen MR) is 122 cm³/mol. The minimum absolute atomic E-state index is 0.244. The molecule has 0 saturated carbocycles. The summed E-state index contributed by atoms with van der Waals surface area (Å²) in [5.41, 5.74) is 9.44. The zero-order valence-corrected chi connectivity index (χ0v) is 17.7. The van der Waals surface area contributed by atoms with Crippen molar-refractivity contribution in [3.63, 3.8) is 0 Å². The highest BCUT2D eigenvalue weighted by Crippen LogP contribution is 2.33. The van der Waals surface area contributed by atoms with Gasteiger partial charge >= 0.3 is 0 Å². The van der Waals surface area contributed by atoms with Gasteiger partial charge in [0.2, 0.25) is 0 Å². The van der Waals surface area contributed by atoms with E-state index in [0.29, 0.717) is 27.7 Å². The standard InChI is InChI=1S/C22H24ClFN6/c1-29(2)11-4-3-10-26-14-8-9-17-18(12-14)30-19(21(25)28-17)13-27-22(30)20-15(23)6-5-7-16(20)24/h5-9,12-13,26H,3-4,10-11H2,1-2H3,(H2,25,28). The van der Waals surface area contributed by atoms with Crippen molar-refractivity contribution in [2.45, 2.75) is 12.8 Å². The van der Waals surface area contributed by atoms with Crippen molar-refractivity contribution >= 4 is 39.7 Å². The Morgan fingerprint density at radius 2 is 2.00 bits per heavy atom. The van der Waals surface area contributed by atoms with Gasteiger partial charge in [0.1, 0.15) is 23.0 Å². The fourth-order valence-electron chi connectivity index (χ4n) is 3.54. The fourth-order valence-corrected chi connectivity index (χ4v) is 3.79. The molecule has 4 rings (SSSR count). The van der Waals surface area contributed by atoms with E-state index in [1.165, 1.54) is 6.07 Å². The maximum atomic E-state index is 14.6. The van der Waals surface area contributed by atoms with Gasteiger partial charge in [-0.25, -0.2) is 14.4 Å². The van der Waals surface area contributed by atoms with Crippen LogP contribution in [0, 0.1) is 5.82 Å². The zero-order valence-electron chi connectivity index (χ0n) is 17.0. The normalized spacial score (nSPS) is 11.6. The highest BCUT2D eigenvalue weighted by molar-refractivity contribution is 6.33. The maximum Gasteiger partial charge on any atom is 0.150 e. The molecule has 0 amide bonds. The number of nitrogens with two attached hydrogens (primary N) is 1. The third-order valence-electron chi connectivity index (χ3n) is 5.03. The summed E-state index contributed by atoms with van der Waals surface area (Å²) < 4.78 is 16.4. The lowest BCUT2D eigenvalue weighted by Crippen LogP contribution is -2.14. The van der Waals surface area contributed by atoms with Crippen molar-refractivity contribution < 1.29 is 4.39 Å². The number of rotatable bonds is 7. The molecule has 156 valence electrons. The fraction of sp³-hybridized carbons (Fsp3) is 0.273. The van der Waals surface area contributed by atoms with E-state index in [1.807, 2.05) is 22.6 Å².